The van der Waals surface area contributed by atoms with Crippen LogP contribution >= 0.6 is 23.2 Å². The molecule has 2 heterocycles. The lowest BCUT2D eigenvalue weighted by Gasteiger charge is -2.28. The number of alkyl halides is 2. The third kappa shape index (κ3) is 3.55. The van der Waals surface area contributed by atoms with Crippen LogP contribution in [0.2, 0.25) is 0 Å². The zero-order valence-electron chi connectivity index (χ0n) is 16.9. The van der Waals surface area contributed by atoms with Crippen molar-refractivity contribution in [3.05, 3.63) is 30.0 Å². The molecule has 3 aliphatic rings. The smallest absolute Gasteiger partial charge is 0.269 e. The number of hydrogen-bond acceptors (Lipinski definition) is 4. The number of piperidine rings is 1. The van der Waals surface area contributed by atoms with Gasteiger partial charge in [0.2, 0.25) is 11.8 Å². The molecule has 31 heavy (non-hydrogen) atoms. The molecule has 2 saturated carbocycles. The molecule has 164 valence electrons. The number of benzene rings is 1. The first-order valence-electron chi connectivity index (χ1n) is 10.4. The van der Waals surface area contributed by atoms with Gasteiger partial charge in [-0.2, -0.15) is 5.10 Å². The second kappa shape index (κ2) is 7.10. The van der Waals surface area contributed by atoms with Crippen molar-refractivity contribution in [2.45, 2.75) is 55.2 Å². The molecular formula is C21H23Cl2N5O3. The van der Waals surface area contributed by atoms with Crippen molar-refractivity contribution in [2.24, 2.45) is 17.6 Å². The van der Waals surface area contributed by atoms with Gasteiger partial charge in [-0.1, -0.05) is 18.2 Å². The number of aromatic nitrogens is 2. The predicted molar refractivity (Wildman–Crippen MR) is 116 cm³/mol. The van der Waals surface area contributed by atoms with Crippen LogP contribution in [0.15, 0.2) is 24.3 Å². The fraction of sp³-hybridized carbons (Fsp3) is 0.524. The van der Waals surface area contributed by atoms with E-state index >= 15 is 0 Å². The zero-order chi connectivity index (χ0) is 22.1. The monoisotopic (exact) mass is 463 g/mol. The van der Waals surface area contributed by atoms with Gasteiger partial charge in [-0.25, -0.2) is 0 Å². The number of hydrogen-bond donors (Lipinski definition) is 2. The van der Waals surface area contributed by atoms with Crippen LogP contribution < -0.4 is 11.1 Å². The number of fused-ring (bicyclic) bond motifs is 2. The normalized spacial score (nSPS) is 28.8. The molecule has 3 amide bonds. The van der Waals surface area contributed by atoms with E-state index in [0.717, 1.165) is 6.42 Å². The number of primary amides is 1. The van der Waals surface area contributed by atoms with Crippen molar-refractivity contribution in [1.82, 2.24) is 20.0 Å². The number of carbonyl (C=O) groups excluding carboxylic acids is 3. The van der Waals surface area contributed by atoms with Gasteiger partial charge in [0.05, 0.1) is 5.52 Å². The summed E-state index contributed by atoms with van der Waals surface area (Å²) < 4.78 is 0.712. The summed E-state index contributed by atoms with van der Waals surface area (Å²) in [6.07, 6.45) is 2.20. The lowest BCUT2D eigenvalue weighted by atomic mass is 10.1. The Morgan fingerprint density at radius 2 is 2.00 bits per heavy atom. The quantitative estimate of drug-likeness (QED) is 0.636. The van der Waals surface area contributed by atoms with E-state index in [1.165, 1.54) is 4.68 Å². The first kappa shape index (κ1) is 20.6. The minimum absolute atomic E-state index is 0.0162. The van der Waals surface area contributed by atoms with Gasteiger partial charge >= 0.3 is 0 Å². The Balaban J connectivity index is 1.33. The number of nitrogens with two attached hydrogens (primary N) is 1. The van der Waals surface area contributed by atoms with E-state index in [1.807, 2.05) is 13.0 Å². The highest BCUT2D eigenvalue weighted by atomic mass is 35.5. The van der Waals surface area contributed by atoms with Gasteiger partial charge in [-0.15, -0.1) is 23.2 Å². The first-order valence-corrected chi connectivity index (χ1v) is 11.2. The minimum atomic E-state index is -0.778. The number of para-hydroxylation sites is 1. The highest BCUT2D eigenvalue weighted by Crippen LogP contribution is 2.55. The Labute approximate surface area is 189 Å². The number of carbonyl (C=O) groups is 3. The summed E-state index contributed by atoms with van der Waals surface area (Å²) in [5, 5.41) is 7.87. The third-order valence-electron chi connectivity index (χ3n) is 6.72. The Morgan fingerprint density at radius 1 is 1.29 bits per heavy atom. The topological polar surface area (TPSA) is 110 Å². The molecule has 1 aromatic heterocycles. The van der Waals surface area contributed by atoms with Crippen molar-refractivity contribution >= 4 is 51.8 Å². The van der Waals surface area contributed by atoms with Gasteiger partial charge in [-0.3, -0.25) is 19.1 Å². The summed E-state index contributed by atoms with van der Waals surface area (Å²) in [5.74, 6) is -0.647. The maximum absolute atomic E-state index is 13.3. The molecule has 5 atom stereocenters. The second-order valence-electron chi connectivity index (χ2n) is 8.87. The molecule has 10 heteroatoms. The van der Waals surface area contributed by atoms with Crippen molar-refractivity contribution < 1.29 is 14.4 Å². The van der Waals surface area contributed by atoms with Crippen LogP contribution in [0, 0.1) is 11.8 Å². The van der Waals surface area contributed by atoms with Crippen molar-refractivity contribution in [3.63, 3.8) is 0 Å². The van der Waals surface area contributed by atoms with Crippen LogP contribution in [0.3, 0.4) is 0 Å². The maximum atomic E-state index is 13.3. The molecule has 8 nitrogen and oxygen atoms in total. The van der Waals surface area contributed by atoms with Crippen molar-refractivity contribution in [1.29, 1.82) is 0 Å². The molecule has 3 fully saturated rings. The van der Waals surface area contributed by atoms with Crippen molar-refractivity contribution in [2.75, 3.05) is 0 Å². The standard InChI is InChI=1S/C21H23Cl2N5O3/c1-10(13-8-21(13,22)23)25-20(31)16-7-11-6-15(11)28(16)17(29)9-27-14-5-3-2-4-12(14)18(26-27)19(24)30/h2-5,10-11,13,15-16H,6-9H2,1H3,(H2,24,30)(H,25,31)/t10-,11-,13-,15-,16+/m1/s1. The largest absolute Gasteiger partial charge is 0.364 e. The van der Waals surface area contributed by atoms with E-state index in [2.05, 4.69) is 10.4 Å². The average Bonchev–Trinajstić information content (AvgIpc) is 3.52. The summed E-state index contributed by atoms with van der Waals surface area (Å²) in [6.45, 7) is 1.82. The molecule has 0 bridgehead atoms. The zero-order valence-corrected chi connectivity index (χ0v) is 18.4. The summed E-state index contributed by atoms with van der Waals surface area (Å²) in [4.78, 5) is 39.7. The molecule has 5 rings (SSSR count). The van der Waals surface area contributed by atoms with E-state index in [9.17, 15) is 14.4 Å². The Hall–Kier alpha value is -2.32. The molecule has 1 aromatic carbocycles. The summed E-state index contributed by atoms with van der Waals surface area (Å²) in [5.41, 5.74) is 6.23. The third-order valence-corrected chi connectivity index (χ3v) is 7.59. The van der Waals surface area contributed by atoms with Crippen LogP contribution in [0.25, 0.3) is 10.9 Å². The van der Waals surface area contributed by atoms with Gasteiger partial charge in [-0.05, 0) is 38.2 Å². The highest BCUT2D eigenvalue weighted by Gasteiger charge is 2.58. The van der Waals surface area contributed by atoms with Crippen LogP contribution in [-0.2, 0) is 16.1 Å². The molecule has 0 spiro atoms. The highest BCUT2D eigenvalue weighted by molar-refractivity contribution is 6.50. The molecule has 3 N–H and O–H groups in total. The van der Waals surface area contributed by atoms with Crippen LogP contribution in [-0.4, -0.2) is 54.9 Å². The maximum Gasteiger partial charge on any atom is 0.269 e. The van der Waals surface area contributed by atoms with Crippen LogP contribution in [0.4, 0.5) is 0 Å². The number of nitrogens with one attached hydrogen (secondary N) is 1. The Morgan fingerprint density at radius 3 is 2.68 bits per heavy atom. The molecular weight excluding hydrogens is 441 g/mol. The van der Waals surface area contributed by atoms with Crippen LogP contribution in [0.1, 0.15) is 36.7 Å². The number of halogens is 2. The van der Waals surface area contributed by atoms with Gasteiger partial charge in [0.25, 0.3) is 5.91 Å². The second-order valence-corrected chi connectivity index (χ2v) is 10.4. The minimum Gasteiger partial charge on any atom is -0.364 e. The molecule has 0 radical (unpaired) electrons. The fourth-order valence-corrected chi connectivity index (χ4v) is 5.60. The lowest BCUT2D eigenvalue weighted by molar-refractivity contribution is -0.140. The average molecular weight is 464 g/mol. The lowest BCUT2D eigenvalue weighted by Crippen LogP contribution is -2.51. The summed E-state index contributed by atoms with van der Waals surface area (Å²) in [7, 11) is 0. The van der Waals surface area contributed by atoms with Gasteiger partial charge in [0.1, 0.15) is 16.9 Å². The van der Waals surface area contributed by atoms with E-state index in [4.69, 9.17) is 28.9 Å². The van der Waals surface area contributed by atoms with E-state index < -0.39 is 16.3 Å². The molecule has 2 aliphatic carbocycles. The Kier molecular flexibility index (Phi) is 4.71. The number of nitrogens with zero attached hydrogens (tertiary/aromatic N) is 3. The van der Waals surface area contributed by atoms with Gasteiger partial charge in [0.15, 0.2) is 5.69 Å². The molecule has 2 aromatic rings. The van der Waals surface area contributed by atoms with Crippen LogP contribution in [0.5, 0.6) is 0 Å². The van der Waals surface area contributed by atoms with Gasteiger partial charge in [0, 0.05) is 23.4 Å². The summed E-state index contributed by atoms with van der Waals surface area (Å²) in [6, 6.07) is 6.54. The molecule has 0 unspecified atom stereocenters. The Bertz CT molecular complexity index is 1100. The molecule has 1 aliphatic heterocycles. The number of rotatable bonds is 6. The number of amides is 3. The predicted octanol–water partition coefficient (Wildman–Crippen LogP) is 1.82. The van der Waals surface area contributed by atoms with Crippen molar-refractivity contribution in [3.8, 4) is 0 Å². The van der Waals surface area contributed by atoms with E-state index in [0.29, 0.717) is 29.7 Å². The fourth-order valence-electron chi connectivity index (χ4n) is 4.89. The SMILES string of the molecule is C[C@@H](NC(=O)[C@@H]1C[C@H]2C[C@H]2N1C(=O)Cn1nc(C(N)=O)c2ccccc21)[C@H]1CC1(Cl)Cl. The van der Waals surface area contributed by atoms with E-state index in [1.54, 1.807) is 23.1 Å². The molecule has 1 saturated heterocycles. The van der Waals surface area contributed by atoms with E-state index in [-0.39, 0.29) is 42.1 Å². The summed E-state index contributed by atoms with van der Waals surface area (Å²) >= 11 is 12.2. The first-order chi connectivity index (χ1) is 14.7. The number of likely N-dealkylation sites (tertiary alicyclic amines) is 1. The van der Waals surface area contributed by atoms with Gasteiger partial charge < -0.3 is 16.0 Å².